The van der Waals surface area contributed by atoms with Gasteiger partial charge in [-0.1, -0.05) is 5.92 Å². The molecule has 0 aliphatic carbocycles. The molecular formula is C10H11NO2S. The maximum absolute atomic E-state index is 11.2. The number of anilines is 1. The van der Waals surface area contributed by atoms with Gasteiger partial charge in [0.05, 0.1) is 5.75 Å². The largest absolute Gasteiger partial charge is 0.284 e. The molecule has 0 atom stereocenters. The molecule has 0 saturated heterocycles. The Bertz CT molecular complexity index is 440. The van der Waals surface area contributed by atoms with Crippen LogP contribution in [0.15, 0.2) is 24.3 Å². The molecular weight excluding hydrogens is 198 g/mol. The van der Waals surface area contributed by atoms with Crippen molar-refractivity contribution in [3.63, 3.8) is 0 Å². The number of nitrogens with one attached hydrogen (secondary N) is 1. The van der Waals surface area contributed by atoms with Crippen LogP contribution < -0.4 is 4.72 Å². The molecule has 0 aliphatic heterocycles. The van der Waals surface area contributed by atoms with Crippen LogP contribution in [0.4, 0.5) is 5.69 Å². The van der Waals surface area contributed by atoms with E-state index in [0.717, 1.165) is 5.56 Å². The van der Waals surface area contributed by atoms with Crippen molar-refractivity contribution < 1.29 is 8.42 Å². The van der Waals surface area contributed by atoms with Crippen LogP contribution in [-0.2, 0) is 10.0 Å². The van der Waals surface area contributed by atoms with Crippen LogP contribution in [0.5, 0.6) is 0 Å². The van der Waals surface area contributed by atoms with Gasteiger partial charge >= 0.3 is 0 Å². The standard InChI is InChI=1S/C10H11NO2S/c1-3-9-5-7-10(8-6-9)11-14(12,13)4-2/h1,5-8,11H,4H2,2H3. The lowest BCUT2D eigenvalue weighted by molar-refractivity contribution is 0.602. The number of sulfonamides is 1. The third kappa shape index (κ3) is 2.79. The Morgan fingerprint density at radius 3 is 2.36 bits per heavy atom. The molecule has 0 aliphatic rings. The molecule has 1 rings (SSSR count). The number of hydrogen-bond acceptors (Lipinski definition) is 2. The van der Waals surface area contributed by atoms with Gasteiger partial charge in [-0.2, -0.15) is 0 Å². The van der Waals surface area contributed by atoms with Gasteiger partial charge in [-0.15, -0.1) is 6.42 Å². The maximum Gasteiger partial charge on any atom is 0.232 e. The molecule has 0 fully saturated rings. The number of hydrogen-bond donors (Lipinski definition) is 1. The van der Waals surface area contributed by atoms with E-state index >= 15 is 0 Å². The van der Waals surface area contributed by atoms with Crippen LogP contribution >= 0.6 is 0 Å². The molecule has 3 nitrogen and oxygen atoms in total. The molecule has 74 valence electrons. The predicted octanol–water partition coefficient (Wildman–Crippen LogP) is 1.43. The van der Waals surface area contributed by atoms with Crippen molar-refractivity contribution in [3.8, 4) is 12.3 Å². The topological polar surface area (TPSA) is 46.2 Å². The van der Waals surface area contributed by atoms with Crippen LogP contribution in [0.3, 0.4) is 0 Å². The Hall–Kier alpha value is -1.47. The lowest BCUT2D eigenvalue weighted by Gasteiger charge is -2.05. The summed E-state index contributed by atoms with van der Waals surface area (Å²) in [6, 6.07) is 6.66. The van der Waals surface area contributed by atoms with Crippen molar-refractivity contribution in [2.75, 3.05) is 10.5 Å². The van der Waals surface area contributed by atoms with Gasteiger partial charge in [-0.3, -0.25) is 4.72 Å². The lowest BCUT2D eigenvalue weighted by Crippen LogP contribution is -2.14. The van der Waals surface area contributed by atoms with Crippen molar-refractivity contribution in [2.24, 2.45) is 0 Å². The van der Waals surface area contributed by atoms with E-state index in [1.807, 2.05) is 0 Å². The average Bonchev–Trinajstić information content (AvgIpc) is 2.19. The fourth-order valence-corrected chi connectivity index (χ4v) is 1.53. The highest BCUT2D eigenvalue weighted by Crippen LogP contribution is 2.10. The second-order valence-corrected chi connectivity index (χ2v) is 4.74. The van der Waals surface area contributed by atoms with Crippen LogP contribution in [0.25, 0.3) is 0 Å². The number of rotatable bonds is 3. The monoisotopic (exact) mass is 209 g/mol. The van der Waals surface area contributed by atoms with Crippen LogP contribution in [0.1, 0.15) is 12.5 Å². The van der Waals surface area contributed by atoms with Crippen molar-refractivity contribution >= 4 is 15.7 Å². The van der Waals surface area contributed by atoms with E-state index in [4.69, 9.17) is 6.42 Å². The summed E-state index contributed by atoms with van der Waals surface area (Å²) in [4.78, 5) is 0. The van der Waals surface area contributed by atoms with E-state index in [0.29, 0.717) is 5.69 Å². The summed E-state index contributed by atoms with van der Waals surface area (Å²) >= 11 is 0. The van der Waals surface area contributed by atoms with Gasteiger partial charge in [0.2, 0.25) is 10.0 Å². The third-order valence-corrected chi connectivity index (χ3v) is 3.01. The van der Waals surface area contributed by atoms with Gasteiger partial charge in [0.25, 0.3) is 0 Å². The summed E-state index contributed by atoms with van der Waals surface area (Å²) < 4.78 is 24.8. The second-order valence-electron chi connectivity index (χ2n) is 2.73. The van der Waals surface area contributed by atoms with Crippen LogP contribution in [0, 0.1) is 12.3 Å². The van der Waals surface area contributed by atoms with E-state index in [-0.39, 0.29) is 5.75 Å². The van der Waals surface area contributed by atoms with E-state index < -0.39 is 10.0 Å². The first-order valence-corrected chi connectivity index (χ1v) is 5.80. The zero-order valence-electron chi connectivity index (χ0n) is 7.82. The molecule has 0 bridgehead atoms. The summed E-state index contributed by atoms with van der Waals surface area (Å²) in [7, 11) is -3.19. The minimum absolute atomic E-state index is 0.0594. The van der Waals surface area contributed by atoms with Gasteiger partial charge in [0, 0.05) is 11.3 Å². The van der Waals surface area contributed by atoms with Gasteiger partial charge in [0.15, 0.2) is 0 Å². The summed E-state index contributed by atoms with van der Waals surface area (Å²) in [5, 5.41) is 0. The molecule has 0 heterocycles. The van der Waals surface area contributed by atoms with E-state index in [1.54, 1.807) is 31.2 Å². The SMILES string of the molecule is C#Cc1ccc(NS(=O)(=O)CC)cc1. The lowest BCUT2D eigenvalue weighted by atomic mass is 10.2. The summed E-state index contributed by atoms with van der Waals surface area (Å²) in [5.41, 5.74) is 1.26. The summed E-state index contributed by atoms with van der Waals surface area (Å²) in [6.07, 6.45) is 5.16. The van der Waals surface area contributed by atoms with Gasteiger partial charge in [0.1, 0.15) is 0 Å². The third-order valence-electron chi connectivity index (χ3n) is 1.70. The van der Waals surface area contributed by atoms with Crippen LogP contribution in [-0.4, -0.2) is 14.2 Å². The Balaban J connectivity index is 2.86. The zero-order valence-corrected chi connectivity index (χ0v) is 8.64. The van der Waals surface area contributed by atoms with Gasteiger partial charge in [-0.05, 0) is 31.2 Å². The highest BCUT2D eigenvalue weighted by molar-refractivity contribution is 7.92. The van der Waals surface area contributed by atoms with Crippen molar-refractivity contribution in [2.45, 2.75) is 6.92 Å². The predicted molar refractivity (Wildman–Crippen MR) is 57.5 cm³/mol. The van der Waals surface area contributed by atoms with Crippen molar-refractivity contribution in [1.29, 1.82) is 0 Å². The summed E-state index contributed by atoms with van der Waals surface area (Å²) in [6.45, 7) is 1.58. The van der Waals surface area contributed by atoms with E-state index in [2.05, 4.69) is 10.6 Å². The van der Waals surface area contributed by atoms with E-state index in [1.165, 1.54) is 0 Å². The first-order chi connectivity index (χ1) is 6.57. The van der Waals surface area contributed by atoms with Gasteiger partial charge in [-0.25, -0.2) is 8.42 Å². The molecule has 1 aromatic carbocycles. The molecule has 1 aromatic rings. The van der Waals surface area contributed by atoms with Crippen molar-refractivity contribution in [3.05, 3.63) is 29.8 Å². The number of terminal acetylenes is 1. The molecule has 4 heteroatoms. The van der Waals surface area contributed by atoms with Gasteiger partial charge < -0.3 is 0 Å². The Morgan fingerprint density at radius 1 is 1.36 bits per heavy atom. The Morgan fingerprint density at radius 2 is 1.93 bits per heavy atom. The van der Waals surface area contributed by atoms with Crippen molar-refractivity contribution in [1.82, 2.24) is 0 Å². The Kier molecular flexibility index (Phi) is 3.15. The Labute approximate surface area is 84.2 Å². The normalized spacial score (nSPS) is 10.6. The minimum Gasteiger partial charge on any atom is -0.284 e. The highest BCUT2D eigenvalue weighted by Gasteiger charge is 2.05. The smallest absolute Gasteiger partial charge is 0.232 e. The first-order valence-electron chi connectivity index (χ1n) is 4.14. The minimum atomic E-state index is -3.19. The highest BCUT2D eigenvalue weighted by atomic mass is 32.2. The second kappa shape index (κ2) is 4.16. The average molecular weight is 209 g/mol. The van der Waals surface area contributed by atoms with Crippen LogP contribution in [0.2, 0.25) is 0 Å². The zero-order chi connectivity index (χ0) is 10.6. The summed E-state index contributed by atoms with van der Waals surface area (Å²) in [5.74, 6) is 2.51. The molecule has 1 N–H and O–H groups in total. The molecule has 14 heavy (non-hydrogen) atoms. The maximum atomic E-state index is 11.2. The molecule has 0 unspecified atom stereocenters. The molecule has 0 amide bonds. The molecule has 0 aromatic heterocycles. The molecule has 0 spiro atoms. The fourth-order valence-electron chi connectivity index (χ4n) is 0.886. The number of benzene rings is 1. The fraction of sp³-hybridized carbons (Fsp3) is 0.200. The quantitative estimate of drug-likeness (QED) is 0.765. The molecule has 0 radical (unpaired) electrons. The molecule has 0 saturated carbocycles. The van der Waals surface area contributed by atoms with E-state index in [9.17, 15) is 8.42 Å². The first kappa shape index (κ1) is 10.6.